The van der Waals surface area contributed by atoms with Crippen molar-refractivity contribution in [3.63, 3.8) is 0 Å². The number of benzene rings is 1. The van der Waals surface area contributed by atoms with E-state index in [4.69, 9.17) is 0 Å². The Labute approximate surface area is 141 Å². The summed E-state index contributed by atoms with van der Waals surface area (Å²) >= 11 is 2.31. The van der Waals surface area contributed by atoms with Gasteiger partial charge in [-0.15, -0.1) is 10.2 Å². The average molecular weight is 406 g/mol. The predicted molar refractivity (Wildman–Crippen MR) is 92.8 cm³/mol. The van der Waals surface area contributed by atoms with E-state index >= 15 is 0 Å². The minimum Gasteiger partial charge on any atom is -0.369 e. The normalized spacial score (nSPS) is 13.5. The van der Waals surface area contributed by atoms with Crippen LogP contribution in [0, 0.1) is 3.57 Å². The van der Waals surface area contributed by atoms with Gasteiger partial charge in [-0.1, -0.05) is 0 Å². The number of nitrogens with zero attached hydrogens (tertiary/aromatic N) is 5. The van der Waals surface area contributed by atoms with Crippen molar-refractivity contribution >= 4 is 39.3 Å². The average Bonchev–Trinajstić information content (AvgIpc) is 3.12. The fraction of sp³-hybridized carbons (Fsp3) is 0.333. The van der Waals surface area contributed by atoms with Crippen molar-refractivity contribution in [2.45, 2.75) is 25.8 Å². The van der Waals surface area contributed by atoms with Crippen LogP contribution in [-0.4, -0.2) is 31.3 Å². The van der Waals surface area contributed by atoms with Gasteiger partial charge in [0.2, 0.25) is 0 Å². The quantitative estimate of drug-likeness (QED) is 0.675. The van der Waals surface area contributed by atoms with Crippen LogP contribution in [0.3, 0.4) is 0 Å². The second-order valence-electron chi connectivity index (χ2n) is 5.35. The van der Waals surface area contributed by atoms with E-state index in [1.165, 1.54) is 9.99 Å². The molecule has 112 valence electrons. The maximum Gasteiger partial charge on any atom is 0.137 e. The Bertz CT molecular complexity index is 828. The second-order valence-corrected chi connectivity index (χ2v) is 6.59. The van der Waals surface area contributed by atoms with E-state index in [-0.39, 0.29) is 0 Å². The molecule has 7 heteroatoms. The smallest absolute Gasteiger partial charge is 0.137 e. The molecule has 0 saturated heterocycles. The van der Waals surface area contributed by atoms with Crippen LogP contribution in [0.15, 0.2) is 24.5 Å². The highest BCUT2D eigenvalue weighted by atomic mass is 127. The first kappa shape index (κ1) is 13.9. The number of aromatic nitrogens is 5. The van der Waals surface area contributed by atoms with Gasteiger partial charge in [0.15, 0.2) is 0 Å². The Kier molecular flexibility index (Phi) is 3.65. The maximum atomic E-state index is 4.37. The van der Waals surface area contributed by atoms with Crippen molar-refractivity contribution in [1.82, 2.24) is 24.7 Å². The molecule has 0 saturated carbocycles. The van der Waals surface area contributed by atoms with Crippen LogP contribution < -0.4 is 5.32 Å². The molecule has 3 heterocycles. The third kappa shape index (κ3) is 2.53. The minimum atomic E-state index is 0.787. The largest absolute Gasteiger partial charge is 0.369 e. The van der Waals surface area contributed by atoms with Gasteiger partial charge in [-0.25, -0.2) is 9.97 Å². The van der Waals surface area contributed by atoms with Crippen LogP contribution in [0.25, 0.3) is 10.9 Å². The molecule has 0 unspecified atom stereocenters. The summed E-state index contributed by atoms with van der Waals surface area (Å²) in [6.07, 6.45) is 4.68. The maximum absolute atomic E-state index is 4.37. The molecule has 0 atom stereocenters. The molecule has 22 heavy (non-hydrogen) atoms. The summed E-state index contributed by atoms with van der Waals surface area (Å²) in [7, 11) is 0. The molecule has 3 aromatic rings. The molecule has 1 aliphatic heterocycles. The molecule has 2 aromatic heterocycles. The third-order valence-corrected chi connectivity index (χ3v) is 4.60. The van der Waals surface area contributed by atoms with Crippen molar-refractivity contribution in [1.29, 1.82) is 0 Å². The van der Waals surface area contributed by atoms with Gasteiger partial charge in [0.1, 0.15) is 23.8 Å². The van der Waals surface area contributed by atoms with Crippen LogP contribution >= 0.6 is 22.6 Å². The number of halogens is 1. The zero-order valence-electron chi connectivity index (χ0n) is 12.0. The third-order valence-electron chi connectivity index (χ3n) is 3.92. The number of hydrogen-bond acceptors (Lipinski definition) is 5. The number of hydrogen-bond donors (Lipinski definition) is 1. The van der Waals surface area contributed by atoms with Crippen LogP contribution in [0.5, 0.6) is 0 Å². The SMILES string of the molecule is Ic1ccc2ncnc(NCCc3nnc4n3CCC4)c2c1. The van der Waals surface area contributed by atoms with Gasteiger partial charge in [0.25, 0.3) is 0 Å². The van der Waals surface area contributed by atoms with E-state index in [9.17, 15) is 0 Å². The molecule has 6 nitrogen and oxygen atoms in total. The number of rotatable bonds is 4. The second kappa shape index (κ2) is 5.79. The zero-order valence-corrected chi connectivity index (χ0v) is 14.1. The molecule has 0 spiro atoms. The molecule has 1 N–H and O–H groups in total. The van der Waals surface area contributed by atoms with E-state index < -0.39 is 0 Å². The first-order valence-electron chi connectivity index (χ1n) is 7.36. The van der Waals surface area contributed by atoms with Gasteiger partial charge in [-0.05, 0) is 47.2 Å². The van der Waals surface area contributed by atoms with Gasteiger partial charge >= 0.3 is 0 Å². The van der Waals surface area contributed by atoms with Crippen LogP contribution in [0.2, 0.25) is 0 Å². The highest BCUT2D eigenvalue weighted by Gasteiger charge is 2.16. The summed E-state index contributed by atoms with van der Waals surface area (Å²) in [6, 6.07) is 6.18. The predicted octanol–water partition coefficient (Wildman–Crippen LogP) is 2.43. The molecular formula is C15H15IN6. The zero-order chi connectivity index (χ0) is 14.9. The highest BCUT2D eigenvalue weighted by molar-refractivity contribution is 14.1. The lowest BCUT2D eigenvalue weighted by Gasteiger charge is -2.08. The summed E-state index contributed by atoms with van der Waals surface area (Å²) in [5.41, 5.74) is 0.960. The summed E-state index contributed by atoms with van der Waals surface area (Å²) in [6.45, 7) is 1.84. The van der Waals surface area contributed by atoms with Crippen molar-refractivity contribution in [3.8, 4) is 0 Å². The highest BCUT2D eigenvalue weighted by Crippen LogP contribution is 2.21. The van der Waals surface area contributed by atoms with Crippen molar-refractivity contribution in [2.24, 2.45) is 0 Å². The lowest BCUT2D eigenvalue weighted by molar-refractivity contribution is 0.687. The van der Waals surface area contributed by atoms with Crippen molar-refractivity contribution in [3.05, 3.63) is 39.7 Å². The van der Waals surface area contributed by atoms with E-state index in [1.807, 2.05) is 6.07 Å². The number of anilines is 1. The van der Waals surface area contributed by atoms with Crippen LogP contribution in [0.1, 0.15) is 18.1 Å². The van der Waals surface area contributed by atoms with Crippen LogP contribution in [-0.2, 0) is 19.4 Å². The van der Waals surface area contributed by atoms with E-state index in [2.05, 4.69) is 64.8 Å². The first-order valence-corrected chi connectivity index (χ1v) is 8.44. The number of aryl methyl sites for hydroxylation is 1. The fourth-order valence-corrected chi connectivity index (χ4v) is 3.35. The molecule has 1 aliphatic rings. The van der Waals surface area contributed by atoms with E-state index in [0.717, 1.165) is 54.3 Å². The van der Waals surface area contributed by atoms with Gasteiger partial charge < -0.3 is 9.88 Å². The molecule has 0 fully saturated rings. The Balaban J connectivity index is 1.51. The standard InChI is InChI=1S/C15H15IN6/c16-10-3-4-12-11(8-10)15(19-9-18-12)17-6-5-14-21-20-13-2-1-7-22(13)14/h3-4,8-9H,1-2,5-7H2,(H,17,18,19). The molecule has 0 amide bonds. The lowest BCUT2D eigenvalue weighted by atomic mass is 10.2. The number of nitrogens with one attached hydrogen (secondary N) is 1. The topological polar surface area (TPSA) is 68.5 Å². The molecule has 0 radical (unpaired) electrons. The van der Waals surface area contributed by atoms with Gasteiger partial charge in [0, 0.05) is 34.9 Å². The molecule has 4 rings (SSSR count). The summed E-state index contributed by atoms with van der Waals surface area (Å²) in [4.78, 5) is 8.68. The molecule has 1 aromatic carbocycles. The Morgan fingerprint density at radius 2 is 2.18 bits per heavy atom. The lowest BCUT2D eigenvalue weighted by Crippen LogP contribution is -2.11. The minimum absolute atomic E-state index is 0.787. The van der Waals surface area contributed by atoms with Crippen LogP contribution in [0.4, 0.5) is 5.82 Å². The van der Waals surface area contributed by atoms with E-state index in [1.54, 1.807) is 6.33 Å². The fourth-order valence-electron chi connectivity index (χ4n) is 2.86. The van der Waals surface area contributed by atoms with Gasteiger partial charge in [-0.2, -0.15) is 0 Å². The Morgan fingerprint density at radius 1 is 1.23 bits per heavy atom. The van der Waals surface area contributed by atoms with Crippen molar-refractivity contribution in [2.75, 3.05) is 11.9 Å². The summed E-state index contributed by atoms with van der Waals surface area (Å²) < 4.78 is 3.42. The summed E-state index contributed by atoms with van der Waals surface area (Å²) in [5.74, 6) is 3.06. The van der Waals surface area contributed by atoms with Crippen molar-refractivity contribution < 1.29 is 0 Å². The number of fused-ring (bicyclic) bond motifs is 2. The Hall–Kier alpha value is -1.77. The molecule has 0 aliphatic carbocycles. The van der Waals surface area contributed by atoms with Gasteiger partial charge in [0.05, 0.1) is 5.52 Å². The molecule has 0 bridgehead atoms. The van der Waals surface area contributed by atoms with Gasteiger partial charge in [-0.3, -0.25) is 0 Å². The monoisotopic (exact) mass is 406 g/mol. The molecular weight excluding hydrogens is 391 g/mol. The summed E-state index contributed by atoms with van der Waals surface area (Å²) in [5, 5.41) is 13.0. The first-order chi connectivity index (χ1) is 10.8. The Morgan fingerprint density at radius 3 is 3.14 bits per heavy atom. The van der Waals surface area contributed by atoms with E-state index in [0.29, 0.717) is 0 Å².